The number of benzene rings is 4. The second-order valence-corrected chi connectivity index (χ2v) is 12.0. The van der Waals surface area contributed by atoms with Crippen LogP contribution in [0.25, 0.3) is 0 Å². The van der Waals surface area contributed by atoms with Gasteiger partial charge in [-0.2, -0.15) is 4.31 Å². The average Bonchev–Trinajstić information content (AvgIpc) is 3.01. The quantitative estimate of drug-likeness (QED) is 0.232. The van der Waals surface area contributed by atoms with E-state index in [1.165, 1.54) is 35.5 Å². The smallest absolute Gasteiger partial charge is 0.308 e. The summed E-state index contributed by atoms with van der Waals surface area (Å²) >= 11 is 0. The minimum atomic E-state index is -4.03. The van der Waals surface area contributed by atoms with Gasteiger partial charge in [-0.25, -0.2) is 8.42 Å². The summed E-state index contributed by atoms with van der Waals surface area (Å²) in [5.74, 6) is -0.558. The number of hydrogen-bond donors (Lipinski definition) is 2. The van der Waals surface area contributed by atoms with E-state index < -0.39 is 34.5 Å². The van der Waals surface area contributed by atoms with E-state index in [1.807, 2.05) is 30.3 Å². The lowest BCUT2D eigenvalue weighted by Gasteiger charge is -2.36. The Hall–Kier alpha value is -5.00. The van der Waals surface area contributed by atoms with Crippen molar-refractivity contribution < 1.29 is 32.3 Å². The normalized spacial score (nSPS) is 14.6. The number of carbonyl (C=O) groups is 3. The molecular weight excluding hydrogens is 582 g/mol. The van der Waals surface area contributed by atoms with Gasteiger partial charge in [-0.05, 0) is 66.1 Å². The number of para-hydroxylation sites is 3. The SMILES string of the molecule is CC(=O)Nc1ccc(S(=O)(=O)N2CCc3ccccc3C2CC(=O)OCC(=O)Nc2ccccc2Oc2ccccc2)cc1. The molecule has 5 rings (SSSR count). The van der Waals surface area contributed by atoms with Crippen molar-refractivity contribution in [1.82, 2.24) is 4.31 Å². The maximum atomic E-state index is 13.8. The largest absolute Gasteiger partial charge is 0.456 e. The molecule has 1 aliphatic heterocycles. The number of esters is 1. The van der Waals surface area contributed by atoms with Gasteiger partial charge in [0, 0.05) is 19.2 Å². The van der Waals surface area contributed by atoms with Crippen LogP contribution >= 0.6 is 0 Å². The first-order chi connectivity index (χ1) is 21.2. The minimum Gasteiger partial charge on any atom is -0.456 e. The number of amides is 2. The summed E-state index contributed by atoms with van der Waals surface area (Å²) in [7, 11) is -4.03. The van der Waals surface area contributed by atoms with Crippen LogP contribution in [0.4, 0.5) is 11.4 Å². The Balaban J connectivity index is 1.27. The van der Waals surface area contributed by atoms with E-state index in [-0.39, 0.29) is 23.8 Å². The van der Waals surface area contributed by atoms with Gasteiger partial charge in [-0.1, -0.05) is 54.6 Å². The zero-order valence-electron chi connectivity index (χ0n) is 23.9. The Labute approximate surface area is 255 Å². The molecule has 11 heteroatoms. The summed E-state index contributed by atoms with van der Waals surface area (Å²) in [6, 6.07) is 28.4. The maximum Gasteiger partial charge on any atom is 0.308 e. The van der Waals surface area contributed by atoms with Crippen molar-refractivity contribution in [2.75, 3.05) is 23.8 Å². The highest BCUT2D eigenvalue weighted by Crippen LogP contribution is 2.37. The number of fused-ring (bicyclic) bond motifs is 1. The van der Waals surface area contributed by atoms with Crippen molar-refractivity contribution in [2.45, 2.75) is 30.7 Å². The van der Waals surface area contributed by atoms with Crippen LogP contribution in [0.5, 0.6) is 11.5 Å². The fourth-order valence-electron chi connectivity index (χ4n) is 5.00. The molecule has 0 aliphatic carbocycles. The summed E-state index contributed by atoms with van der Waals surface area (Å²) in [6.07, 6.45) is 0.180. The average molecular weight is 614 g/mol. The van der Waals surface area contributed by atoms with E-state index in [2.05, 4.69) is 10.6 Å². The Morgan fingerprint density at radius 1 is 0.841 bits per heavy atom. The molecule has 2 N–H and O–H groups in total. The van der Waals surface area contributed by atoms with Crippen molar-refractivity contribution >= 4 is 39.2 Å². The number of ether oxygens (including phenoxy) is 2. The number of rotatable bonds is 10. The van der Waals surface area contributed by atoms with Crippen LogP contribution in [0.2, 0.25) is 0 Å². The fraction of sp³-hybridized carbons (Fsp3) is 0.182. The molecule has 0 spiro atoms. The van der Waals surface area contributed by atoms with Gasteiger partial charge in [0.15, 0.2) is 12.4 Å². The van der Waals surface area contributed by atoms with E-state index in [0.717, 1.165) is 5.56 Å². The van der Waals surface area contributed by atoms with Crippen LogP contribution in [-0.2, 0) is 35.6 Å². The fourth-order valence-corrected chi connectivity index (χ4v) is 6.61. The van der Waals surface area contributed by atoms with Crippen molar-refractivity contribution in [3.8, 4) is 11.5 Å². The standard InChI is InChI=1S/C33H31N3O7S/c1-23(37)34-25-15-17-27(18-16-25)44(40,41)36-20-19-24-9-5-6-12-28(24)30(36)21-33(39)42-22-32(38)35-29-13-7-8-14-31(29)43-26-10-3-2-4-11-26/h2-18,30H,19-22H2,1H3,(H,34,37)(H,35,38). The topological polar surface area (TPSA) is 131 Å². The first-order valence-electron chi connectivity index (χ1n) is 14.0. The molecule has 44 heavy (non-hydrogen) atoms. The molecule has 0 fully saturated rings. The van der Waals surface area contributed by atoms with Crippen LogP contribution in [0, 0.1) is 0 Å². The van der Waals surface area contributed by atoms with Crippen LogP contribution in [0.3, 0.4) is 0 Å². The number of hydrogen-bond acceptors (Lipinski definition) is 7. The van der Waals surface area contributed by atoms with Gasteiger partial charge >= 0.3 is 5.97 Å². The summed E-state index contributed by atoms with van der Waals surface area (Å²) < 4.78 is 40.0. The first-order valence-corrected chi connectivity index (χ1v) is 15.4. The Morgan fingerprint density at radius 3 is 2.27 bits per heavy atom. The third-order valence-electron chi connectivity index (χ3n) is 7.00. The monoisotopic (exact) mass is 613 g/mol. The molecule has 0 saturated heterocycles. The third kappa shape index (κ3) is 7.31. The molecule has 4 aromatic rings. The summed E-state index contributed by atoms with van der Waals surface area (Å²) in [6.45, 7) is 0.955. The van der Waals surface area contributed by atoms with Gasteiger partial charge in [-0.15, -0.1) is 0 Å². The van der Waals surface area contributed by atoms with Crippen molar-refractivity contribution in [3.05, 3.63) is 114 Å². The summed E-state index contributed by atoms with van der Waals surface area (Å²) in [5.41, 5.74) is 2.50. The lowest BCUT2D eigenvalue weighted by atomic mass is 9.92. The molecule has 1 aliphatic rings. The highest BCUT2D eigenvalue weighted by atomic mass is 32.2. The van der Waals surface area contributed by atoms with Crippen molar-refractivity contribution in [3.63, 3.8) is 0 Å². The van der Waals surface area contributed by atoms with E-state index in [9.17, 15) is 22.8 Å². The van der Waals surface area contributed by atoms with E-state index in [1.54, 1.807) is 48.5 Å². The minimum absolute atomic E-state index is 0.0279. The van der Waals surface area contributed by atoms with Gasteiger partial charge in [0.05, 0.1) is 23.0 Å². The van der Waals surface area contributed by atoms with Crippen LogP contribution in [-0.4, -0.2) is 43.7 Å². The van der Waals surface area contributed by atoms with Crippen molar-refractivity contribution in [2.24, 2.45) is 0 Å². The molecule has 0 radical (unpaired) electrons. The molecule has 0 aromatic heterocycles. The summed E-state index contributed by atoms with van der Waals surface area (Å²) in [4.78, 5) is 37.2. The molecule has 0 saturated carbocycles. The predicted molar refractivity (Wildman–Crippen MR) is 165 cm³/mol. The van der Waals surface area contributed by atoms with E-state index in [4.69, 9.17) is 9.47 Å². The Kier molecular flexibility index (Phi) is 9.37. The number of sulfonamides is 1. The zero-order valence-corrected chi connectivity index (χ0v) is 24.8. The van der Waals surface area contributed by atoms with Gasteiger partial charge < -0.3 is 20.1 Å². The second kappa shape index (κ2) is 13.5. The van der Waals surface area contributed by atoms with Crippen LogP contribution in [0.15, 0.2) is 108 Å². The first kappa shape index (κ1) is 30.5. The summed E-state index contributed by atoms with van der Waals surface area (Å²) in [5, 5.41) is 5.32. The van der Waals surface area contributed by atoms with E-state index in [0.29, 0.717) is 34.9 Å². The molecule has 1 atom stereocenters. The highest BCUT2D eigenvalue weighted by molar-refractivity contribution is 7.89. The molecule has 4 aromatic carbocycles. The lowest BCUT2D eigenvalue weighted by molar-refractivity contribution is -0.148. The van der Waals surface area contributed by atoms with Crippen LogP contribution in [0.1, 0.15) is 30.5 Å². The van der Waals surface area contributed by atoms with Gasteiger partial charge in [0.1, 0.15) is 5.75 Å². The van der Waals surface area contributed by atoms with Gasteiger partial charge in [0.2, 0.25) is 15.9 Å². The molecule has 1 heterocycles. The third-order valence-corrected chi connectivity index (χ3v) is 8.92. The number of anilines is 2. The number of nitrogens with zero attached hydrogens (tertiary/aromatic N) is 1. The Bertz CT molecular complexity index is 1760. The number of carbonyl (C=O) groups excluding carboxylic acids is 3. The van der Waals surface area contributed by atoms with Crippen LogP contribution < -0.4 is 15.4 Å². The molecule has 1 unspecified atom stereocenters. The zero-order chi connectivity index (χ0) is 31.1. The molecule has 226 valence electrons. The van der Waals surface area contributed by atoms with Crippen molar-refractivity contribution in [1.29, 1.82) is 0 Å². The lowest BCUT2D eigenvalue weighted by Crippen LogP contribution is -2.41. The molecule has 10 nitrogen and oxygen atoms in total. The highest BCUT2D eigenvalue weighted by Gasteiger charge is 2.38. The van der Waals surface area contributed by atoms with Gasteiger partial charge in [0.25, 0.3) is 5.91 Å². The Morgan fingerprint density at radius 2 is 1.52 bits per heavy atom. The maximum absolute atomic E-state index is 13.8. The second-order valence-electron chi connectivity index (χ2n) is 10.1. The van der Waals surface area contributed by atoms with E-state index >= 15 is 0 Å². The molecular formula is C33H31N3O7S. The molecule has 0 bridgehead atoms. The molecule has 2 amide bonds. The predicted octanol–water partition coefficient (Wildman–Crippen LogP) is 5.30. The van der Waals surface area contributed by atoms with Gasteiger partial charge in [-0.3, -0.25) is 14.4 Å². The number of nitrogens with one attached hydrogen (secondary N) is 2.